The topological polar surface area (TPSA) is 79.9 Å². The summed E-state index contributed by atoms with van der Waals surface area (Å²) < 4.78 is 49.4. The molecule has 2 N–H and O–H groups in total. The number of nitrogens with one attached hydrogen (secondary N) is 2. The summed E-state index contributed by atoms with van der Waals surface area (Å²) in [6, 6.07) is 9.60. The van der Waals surface area contributed by atoms with Crippen LogP contribution < -0.4 is 20.1 Å². The monoisotopic (exact) mass is 507 g/mol. The summed E-state index contributed by atoms with van der Waals surface area (Å²) in [6.07, 6.45) is -2.72. The molecule has 1 heterocycles. The van der Waals surface area contributed by atoms with Crippen molar-refractivity contribution >= 4 is 17.6 Å². The number of urea groups is 1. The quantitative estimate of drug-likeness (QED) is 0.508. The molecule has 36 heavy (non-hydrogen) atoms. The van der Waals surface area contributed by atoms with E-state index in [-0.39, 0.29) is 23.4 Å². The second-order valence-corrected chi connectivity index (χ2v) is 8.84. The van der Waals surface area contributed by atoms with E-state index in [1.54, 1.807) is 25.2 Å². The minimum Gasteiger partial charge on any atom is -0.493 e. The number of anilines is 1. The van der Waals surface area contributed by atoms with E-state index < -0.39 is 17.8 Å². The van der Waals surface area contributed by atoms with Gasteiger partial charge in [0.15, 0.2) is 11.5 Å². The van der Waals surface area contributed by atoms with Gasteiger partial charge in [-0.05, 0) is 54.2 Å². The van der Waals surface area contributed by atoms with E-state index in [1.165, 1.54) is 12.1 Å². The third-order valence-corrected chi connectivity index (χ3v) is 6.53. The second-order valence-electron chi connectivity index (χ2n) is 8.84. The van der Waals surface area contributed by atoms with Crippen molar-refractivity contribution in [2.75, 3.05) is 32.6 Å². The van der Waals surface area contributed by atoms with Gasteiger partial charge in [0.05, 0.1) is 19.8 Å². The molecule has 10 heteroatoms. The highest BCUT2D eigenvalue weighted by atomic mass is 19.4. The fraction of sp³-hybridized carbons (Fsp3) is 0.462. The Morgan fingerprint density at radius 2 is 1.81 bits per heavy atom. The molecule has 0 saturated carbocycles. The number of methoxy groups -OCH3 is 2. The molecule has 0 bridgehead atoms. The van der Waals surface area contributed by atoms with E-state index in [0.717, 1.165) is 24.1 Å². The van der Waals surface area contributed by atoms with Crippen LogP contribution in [0.25, 0.3) is 0 Å². The molecule has 0 aliphatic carbocycles. The fourth-order valence-electron chi connectivity index (χ4n) is 4.47. The maximum absolute atomic E-state index is 13.0. The summed E-state index contributed by atoms with van der Waals surface area (Å²) in [5.41, 5.74) is 0.165. The van der Waals surface area contributed by atoms with E-state index in [9.17, 15) is 22.8 Å². The standard InChI is InChI=1S/C26H32F3N3O4/c1-4-18-16-32(25(34)31-21-7-5-6-20(14-21)26(27,28)29)11-10-19(18)13-24(33)30-15-17-8-9-22(35-2)23(12-17)36-3/h5-9,12,14,18-19H,4,10-11,13,15-16H2,1-3H3,(H,30,33)(H,31,34). The number of nitrogens with zero attached hydrogens (tertiary/aromatic N) is 1. The number of alkyl halides is 3. The minimum atomic E-state index is -4.48. The number of rotatable bonds is 8. The summed E-state index contributed by atoms with van der Waals surface area (Å²) in [5.74, 6) is 1.35. The normalized spacial score (nSPS) is 17.9. The van der Waals surface area contributed by atoms with E-state index >= 15 is 0 Å². The number of hydrogen-bond acceptors (Lipinski definition) is 4. The number of amides is 3. The molecule has 0 aromatic heterocycles. The van der Waals surface area contributed by atoms with Gasteiger partial charge in [0.1, 0.15) is 0 Å². The maximum Gasteiger partial charge on any atom is 0.416 e. The Morgan fingerprint density at radius 1 is 1.06 bits per heavy atom. The van der Waals surface area contributed by atoms with Crippen molar-refractivity contribution < 1.29 is 32.2 Å². The molecule has 196 valence electrons. The van der Waals surface area contributed by atoms with Gasteiger partial charge < -0.3 is 25.0 Å². The molecule has 1 aliphatic heterocycles. The lowest BCUT2D eigenvalue weighted by Gasteiger charge is -2.38. The Bertz CT molecular complexity index is 1060. The molecule has 3 amide bonds. The van der Waals surface area contributed by atoms with Crippen LogP contribution in [0, 0.1) is 11.8 Å². The van der Waals surface area contributed by atoms with Crippen LogP contribution in [-0.4, -0.2) is 44.1 Å². The van der Waals surface area contributed by atoms with Crippen molar-refractivity contribution in [3.63, 3.8) is 0 Å². The first kappa shape index (κ1) is 27.2. The number of benzene rings is 2. The van der Waals surface area contributed by atoms with Crippen molar-refractivity contribution in [3.05, 3.63) is 53.6 Å². The SMILES string of the molecule is CCC1CN(C(=O)Nc2cccc(C(F)(F)F)c2)CCC1CC(=O)NCc1ccc(OC)c(OC)c1. The first-order valence-electron chi connectivity index (χ1n) is 11.8. The van der Waals surface area contributed by atoms with Gasteiger partial charge in [0, 0.05) is 31.7 Å². The van der Waals surface area contributed by atoms with E-state index in [4.69, 9.17) is 9.47 Å². The van der Waals surface area contributed by atoms with E-state index in [1.807, 2.05) is 19.1 Å². The molecule has 3 rings (SSSR count). The van der Waals surface area contributed by atoms with Crippen molar-refractivity contribution in [2.45, 2.75) is 38.9 Å². The predicted octanol–water partition coefficient (Wildman–Crippen LogP) is 5.31. The number of carbonyl (C=O) groups is 2. The number of likely N-dealkylation sites (tertiary alicyclic amines) is 1. The van der Waals surface area contributed by atoms with Gasteiger partial charge >= 0.3 is 12.2 Å². The lowest BCUT2D eigenvalue weighted by Crippen LogP contribution is -2.46. The molecular weight excluding hydrogens is 475 g/mol. The van der Waals surface area contributed by atoms with Crippen molar-refractivity contribution in [1.82, 2.24) is 10.2 Å². The molecule has 7 nitrogen and oxygen atoms in total. The van der Waals surface area contributed by atoms with Gasteiger partial charge in [0.25, 0.3) is 0 Å². The van der Waals surface area contributed by atoms with Gasteiger partial charge in [-0.15, -0.1) is 0 Å². The molecule has 1 fully saturated rings. The molecule has 2 unspecified atom stereocenters. The number of halogens is 3. The van der Waals surface area contributed by atoms with Gasteiger partial charge in [0.2, 0.25) is 5.91 Å². The zero-order valence-electron chi connectivity index (χ0n) is 20.7. The molecule has 0 radical (unpaired) electrons. The lowest BCUT2D eigenvalue weighted by atomic mass is 9.81. The first-order chi connectivity index (χ1) is 17.1. The molecule has 1 aliphatic rings. The van der Waals surface area contributed by atoms with Crippen LogP contribution in [0.3, 0.4) is 0 Å². The second kappa shape index (κ2) is 12.0. The van der Waals surface area contributed by atoms with E-state index in [2.05, 4.69) is 10.6 Å². The number of piperidine rings is 1. The van der Waals surface area contributed by atoms with Crippen LogP contribution in [0.4, 0.5) is 23.7 Å². The van der Waals surface area contributed by atoms with Gasteiger partial charge in [-0.25, -0.2) is 4.79 Å². The van der Waals surface area contributed by atoms with Crippen LogP contribution in [-0.2, 0) is 17.5 Å². The predicted molar refractivity (Wildman–Crippen MR) is 130 cm³/mol. The molecule has 1 saturated heterocycles. The molecule has 0 spiro atoms. The van der Waals surface area contributed by atoms with Crippen LogP contribution in [0.5, 0.6) is 11.5 Å². The Balaban J connectivity index is 1.52. The molecule has 2 aromatic carbocycles. The van der Waals surface area contributed by atoms with Gasteiger partial charge in [-0.3, -0.25) is 4.79 Å². The fourth-order valence-corrected chi connectivity index (χ4v) is 4.47. The summed E-state index contributed by atoms with van der Waals surface area (Å²) >= 11 is 0. The molecule has 2 aromatic rings. The Labute approximate surface area is 208 Å². The summed E-state index contributed by atoms with van der Waals surface area (Å²) in [6.45, 7) is 3.23. The van der Waals surface area contributed by atoms with Crippen molar-refractivity contribution in [1.29, 1.82) is 0 Å². The van der Waals surface area contributed by atoms with Crippen LogP contribution in [0.1, 0.15) is 37.3 Å². The summed E-state index contributed by atoms with van der Waals surface area (Å²) in [7, 11) is 3.11. The number of ether oxygens (including phenoxy) is 2. The lowest BCUT2D eigenvalue weighted by molar-refractivity contribution is -0.137. The minimum absolute atomic E-state index is 0.0740. The summed E-state index contributed by atoms with van der Waals surface area (Å²) in [4.78, 5) is 27.0. The zero-order valence-corrected chi connectivity index (χ0v) is 20.7. The van der Waals surface area contributed by atoms with Crippen LogP contribution in [0.2, 0.25) is 0 Å². The average molecular weight is 508 g/mol. The highest BCUT2D eigenvalue weighted by Gasteiger charge is 2.33. The number of carbonyl (C=O) groups excluding carboxylic acids is 2. The Morgan fingerprint density at radius 3 is 2.47 bits per heavy atom. The van der Waals surface area contributed by atoms with Crippen LogP contribution >= 0.6 is 0 Å². The van der Waals surface area contributed by atoms with E-state index in [0.29, 0.717) is 44.0 Å². The van der Waals surface area contributed by atoms with Gasteiger partial charge in [-0.1, -0.05) is 25.5 Å². The molecule has 2 atom stereocenters. The third-order valence-electron chi connectivity index (χ3n) is 6.53. The highest BCUT2D eigenvalue weighted by molar-refractivity contribution is 5.89. The Kier molecular flexibility index (Phi) is 9.06. The van der Waals surface area contributed by atoms with Crippen LogP contribution in [0.15, 0.2) is 42.5 Å². The maximum atomic E-state index is 13.0. The van der Waals surface area contributed by atoms with Crippen molar-refractivity contribution in [3.8, 4) is 11.5 Å². The van der Waals surface area contributed by atoms with Crippen molar-refractivity contribution in [2.24, 2.45) is 11.8 Å². The largest absolute Gasteiger partial charge is 0.493 e. The third kappa shape index (κ3) is 7.05. The first-order valence-corrected chi connectivity index (χ1v) is 11.8. The average Bonchev–Trinajstić information content (AvgIpc) is 2.87. The zero-order chi connectivity index (χ0) is 26.3. The van der Waals surface area contributed by atoms with Gasteiger partial charge in [-0.2, -0.15) is 13.2 Å². The molecular formula is C26H32F3N3O4. The smallest absolute Gasteiger partial charge is 0.416 e. The Hall–Kier alpha value is -3.43. The summed E-state index contributed by atoms with van der Waals surface area (Å²) in [5, 5.41) is 5.51. The highest BCUT2D eigenvalue weighted by Crippen LogP contribution is 2.32. The number of hydrogen-bond donors (Lipinski definition) is 2.